The van der Waals surface area contributed by atoms with E-state index in [4.69, 9.17) is 4.74 Å². The molecular formula is C20H17IN2O4. The molecule has 1 aliphatic heterocycles. The Labute approximate surface area is 170 Å². The minimum atomic E-state index is -0.757. The monoisotopic (exact) mass is 476 g/mol. The molecule has 0 bridgehead atoms. The van der Waals surface area contributed by atoms with Crippen LogP contribution in [-0.2, 0) is 9.59 Å². The molecule has 6 nitrogen and oxygen atoms in total. The maximum absolute atomic E-state index is 12.8. The van der Waals surface area contributed by atoms with Crippen LogP contribution < -0.4 is 15.0 Å². The Bertz CT molecular complexity index is 951. The van der Waals surface area contributed by atoms with E-state index in [1.165, 1.54) is 6.08 Å². The molecule has 7 heteroatoms. The Morgan fingerprint density at radius 3 is 2.44 bits per heavy atom. The van der Waals surface area contributed by atoms with Crippen LogP contribution in [0.1, 0.15) is 18.1 Å². The zero-order chi connectivity index (χ0) is 19.6. The molecular weight excluding hydrogens is 459 g/mol. The van der Waals surface area contributed by atoms with Crippen LogP contribution >= 0.6 is 22.6 Å². The molecule has 3 rings (SSSR count). The number of halogens is 1. The quantitative estimate of drug-likeness (QED) is 0.415. The molecule has 4 amide bonds. The van der Waals surface area contributed by atoms with Crippen molar-refractivity contribution in [3.63, 3.8) is 0 Å². The Kier molecular flexibility index (Phi) is 5.59. The van der Waals surface area contributed by atoms with Crippen molar-refractivity contribution in [1.82, 2.24) is 5.32 Å². The van der Waals surface area contributed by atoms with Crippen molar-refractivity contribution in [1.29, 1.82) is 0 Å². The highest BCUT2D eigenvalue weighted by atomic mass is 127. The number of carbonyl (C=O) groups excluding carboxylic acids is 3. The summed E-state index contributed by atoms with van der Waals surface area (Å²) in [5.74, 6) is -0.634. The number of barbiturate groups is 1. The van der Waals surface area contributed by atoms with Gasteiger partial charge in [-0.1, -0.05) is 23.8 Å². The number of aryl methyl sites for hydroxylation is 1. The van der Waals surface area contributed by atoms with E-state index in [-0.39, 0.29) is 5.57 Å². The summed E-state index contributed by atoms with van der Waals surface area (Å²) in [7, 11) is 0. The van der Waals surface area contributed by atoms with Crippen molar-refractivity contribution in [2.24, 2.45) is 0 Å². The molecule has 1 fully saturated rings. The fourth-order valence-electron chi connectivity index (χ4n) is 2.63. The highest BCUT2D eigenvalue weighted by Gasteiger charge is 2.36. The van der Waals surface area contributed by atoms with E-state index < -0.39 is 17.8 Å². The number of imide groups is 2. The predicted molar refractivity (Wildman–Crippen MR) is 111 cm³/mol. The SMILES string of the molecule is CCOc1ccc(/C=C2\C(=O)NC(=O)N(c3ccc(C)cc3)C2=O)cc1I. The number of nitrogens with zero attached hydrogens (tertiary/aromatic N) is 1. The largest absolute Gasteiger partial charge is 0.493 e. The van der Waals surface area contributed by atoms with Crippen LogP contribution in [0.15, 0.2) is 48.0 Å². The standard InChI is InChI=1S/C20H17IN2O4/c1-3-27-17-9-6-13(11-16(17)21)10-15-18(24)22-20(26)23(19(15)25)14-7-4-12(2)5-8-14/h4-11H,3H2,1-2H3,(H,22,24,26)/b15-10+. The number of hydrogen-bond acceptors (Lipinski definition) is 4. The molecule has 0 unspecified atom stereocenters. The molecule has 27 heavy (non-hydrogen) atoms. The van der Waals surface area contributed by atoms with Crippen molar-refractivity contribution < 1.29 is 19.1 Å². The van der Waals surface area contributed by atoms with Gasteiger partial charge in [-0.05, 0) is 72.3 Å². The molecule has 0 saturated carbocycles. The average molecular weight is 476 g/mol. The van der Waals surface area contributed by atoms with Crippen molar-refractivity contribution in [2.75, 3.05) is 11.5 Å². The van der Waals surface area contributed by atoms with E-state index in [9.17, 15) is 14.4 Å². The zero-order valence-corrected chi connectivity index (χ0v) is 16.9. The number of carbonyl (C=O) groups is 3. The summed E-state index contributed by atoms with van der Waals surface area (Å²) in [6.07, 6.45) is 1.48. The van der Waals surface area contributed by atoms with Gasteiger partial charge in [-0.25, -0.2) is 9.69 Å². The fraction of sp³-hybridized carbons (Fsp3) is 0.150. The van der Waals surface area contributed by atoms with Gasteiger partial charge in [0.2, 0.25) is 0 Å². The topological polar surface area (TPSA) is 75.7 Å². The van der Waals surface area contributed by atoms with Gasteiger partial charge in [0.25, 0.3) is 11.8 Å². The highest BCUT2D eigenvalue weighted by Crippen LogP contribution is 2.25. The molecule has 0 radical (unpaired) electrons. The third-order valence-electron chi connectivity index (χ3n) is 3.96. The lowest BCUT2D eigenvalue weighted by Gasteiger charge is -2.26. The average Bonchev–Trinajstić information content (AvgIpc) is 2.62. The van der Waals surface area contributed by atoms with Gasteiger partial charge >= 0.3 is 6.03 Å². The summed E-state index contributed by atoms with van der Waals surface area (Å²) in [5, 5.41) is 2.22. The third-order valence-corrected chi connectivity index (χ3v) is 4.80. The second-order valence-corrected chi connectivity index (χ2v) is 7.08. The van der Waals surface area contributed by atoms with Gasteiger partial charge in [-0.2, -0.15) is 0 Å². The molecule has 1 aliphatic rings. The molecule has 2 aromatic carbocycles. The number of rotatable bonds is 4. The van der Waals surface area contributed by atoms with Crippen molar-refractivity contribution in [2.45, 2.75) is 13.8 Å². The van der Waals surface area contributed by atoms with Crippen LogP contribution in [0, 0.1) is 10.5 Å². The molecule has 138 valence electrons. The Morgan fingerprint density at radius 1 is 1.11 bits per heavy atom. The lowest BCUT2D eigenvalue weighted by molar-refractivity contribution is -0.122. The van der Waals surface area contributed by atoms with Gasteiger partial charge < -0.3 is 4.74 Å². The summed E-state index contributed by atoms with van der Waals surface area (Å²) in [5.41, 5.74) is 1.97. The minimum Gasteiger partial charge on any atom is -0.493 e. The first kappa shape index (κ1) is 19.1. The first-order valence-corrected chi connectivity index (χ1v) is 9.39. The van der Waals surface area contributed by atoms with Gasteiger partial charge in [0.15, 0.2) is 0 Å². The number of hydrogen-bond donors (Lipinski definition) is 1. The van der Waals surface area contributed by atoms with E-state index in [0.717, 1.165) is 19.8 Å². The van der Waals surface area contributed by atoms with Crippen LogP contribution in [0.2, 0.25) is 0 Å². The smallest absolute Gasteiger partial charge is 0.335 e. The van der Waals surface area contributed by atoms with Crippen molar-refractivity contribution >= 4 is 52.2 Å². The lowest BCUT2D eigenvalue weighted by atomic mass is 10.1. The van der Waals surface area contributed by atoms with Crippen LogP contribution in [-0.4, -0.2) is 24.5 Å². The summed E-state index contributed by atoms with van der Waals surface area (Å²) < 4.78 is 6.36. The number of benzene rings is 2. The molecule has 1 heterocycles. The molecule has 0 aliphatic carbocycles. The van der Waals surface area contributed by atoms with E-state index >= 15 is 0 Å². The van der Waals surface area contributed by atoms with E-state index in [1.807, 2.05) is 19.9 Å². The Balaban J connectivity index is 1.96. The number of urea groups is 1. The lowest BCUT2D eigenvalue weighted by Crippen LogP contribution is -2.54. The summed E-state index contributed by atoms with van der Waals surface area (Å²) >= 11 is 2.13. The van der Waals surface area contributed by atoms with Gasteiger partial charge in [0.1, 0.15) is 11.3 Å². The third kappa shape index (κ3) is 4.02. The number of nitrogens with one attached hydrogen (secondary N) is 1. The number of ether oxygens (including phenoxy) is 1. The van der Waals surface area contributed by atoms with Gasteiger partial charge in [0, 0.05) is 0 Å². The summed E-state index contributed by atoms with van der Waals surface area (Å²) in [6.45, 7) is 4.35. The van der Waals surface area contributed by atoms with Crippen molar-refractivity contribution in [3.05, 3.63) is 62.7 Å². The van der Waals surface area contributed by atoms with E-state index in [0.29, 0.717) is 17.9 Å². The van der Waals surface area contributed by atoms with Gasteiger partial charge in [-0.3, -0.25) is 14.9 Å². The fourth-order valence-corrected chi connectivity index (χ4v) is 3.33. The van der Waals surface area contributed by atoms with E-state index in [1.54, 1.807) is 36.4 Å². The maximum Gasteiger partial charge on any atom is 0.335 e. The predicted octanol–water partition coefficient (Wildman–Crippen LogP) is 3.66. The number of anilines is 1. The van der Waals surface area contributed by atoms with Crippen molar-refractivity contribution in [3.8, 4) is 5.75 Å². The first-order valence-electron chi connectivity index (χ1n) is 8.31. The molecule has 1 saturated heterocycles. The summed E-state index contributed by atoms with van der Waals surface area (Å²) in [4.78, 5) is 38.2. The zero-order valence-electron chi connectivity index (χ0n) is 14.8. The summed E-state index contributed by atoms with van der Waals surface area (Å²) in [6, 6.07) is 11.5. The molecule has 2 aromatic rings. The van der Waals surface area contributed by atoms with Gasteiger partial charge in [0.05, 0.1) is 15.9 Å². The molecule has 0 atom stereocenters. The van der Waals surface area contributed by atoms with Crippen LogP contribution in [0.25, 0.3) is 6.08 Å². The molecule has 0 aromatic heterocycles. The van der Waals surface area contributed by atoms with Crippen LogP contribution in [0.4, 0.5) is 10.5 Å². The maximum atomic E-state index is 12.8. The molecule has 0 spiro atoms. The Morgan fingerprint density at radius 2 is 1.81 bits per heavy atom. The Hall–Kier alpha value is -2.68. The highest BCUT2D eigenvalue weighted by molar-refractivity contribution is 14.1. The molecule has 1 N–H and O–H groups in total. The van der Waals surface area contributed by atoms with Crippen LogP contribution in [0.5, 0.6) is 5.75 Å². The van der Waals surface area contributed by atoms with Crippen LogP contribution in [0.3, 0.4) is 0 Å². The second-order valence-electron chi connectivity index (χ2n) is 5.92. The second kappa shape index (κ2) is 7.91. The van der Waals surface area contributed by atoms with Gasteiger partial charge in [-0.15, -0.1) is 0 Å². The normalized spacial score (nSPS) is 15.9. The number of amides is 4. The van der Waals surface area contributed by atoms with E-state index in [2.05, 4.69) is 27.9 Å². The minimum absolute atomic E-state index is 0.102. The first-order chi connectivity index (χ1) is 12.9.